The van der Waals surface area contributed by atoms with E-state index in [-0.39, 0.29) is 19.1 Å². The Kier molecular flexibility index (Phi) is 6.05. The van der Waals surface area contributed by atoms with Crippen LogP contribution in [0, 0.1) is 0 Å². The smallest absolute Gasteiger partial charge is 0.350 e. The molecule has 1 aliphatic rings. The molecule has 0 radical (unpaired) electrons. The highest BCUT2D eigenvalue weighted by atomic mass is 35.5. The molecule has 1 saturated carbocycles. The van der Waals surface area contributed by atoms with Gasteiger partial charge in [0.05, 0.1) is 10.6 Å². The Morgan fingerprint density at radius 1 is 1.12 bits per heavy atom. The van der Waals surface area contributed by atoms with Crippen molar-refractivity contribution in [3.05, 3.63) is 74.1 Å². The quantitative estimate of drug-likeness (QED) is 0.551. The predicted molar refractivity (Wildman–Crippen MR) is 114 cm³/mol. The number of carbonyl (C=O) groups is 1. The van der Waals surface area contributed by atoms with Crippen LogP contribution in [-0.4, -0.2) is 20.3 Å². The number of aromatic nitrogens is 3. The van der Waals surface area contributed by atoms with Crippen molar-refractivity contribution in [2.24, 2.45) is 0 Å². The van der Waals surface area contributed by atoms with Crippen molar-refractivity contribution in [3.63, 3.8) is 0 Å². The lowest BCUT2D eigenvalue weighted by atomic mass is 10.1. The summed E-state index contributed by atoms with van der Waals surface area (Å²) in [5.74, 6) is -0.0530. The molecule has 1 fully saturated rings. The van der Waals surface area contributed by atoms with E-state index in [9.17, 15) is 22.8 Å². The average molecular weight is 485 g/mol. The van der Waals surface area contributed by atoms with Gasteiger partial charge in [0.15, 0.2) is 5.82 Å². The van der Waals surface area contributed by atoms with E-state index < -0.39 is 28.4 Å². The summed E-state index contributed by atoms with van der Waals surface area (Å²) in [5, 5.41) is 7.02. The van der Waals surface area contributed by atoms with Crippen LogP contribution in [0.4, 0.5) is 13.2 Å². The van der Waals surface area contributed by atoms with Gasteiger partial charge >= 0.3 is 11.9 Å². The van der Waals surface area contributed by atoms with Crippen LogP contribution in [0.1, 0.15) is 30.0 Å². The lowest BCUT2D eigenvalue weighted by Gasteiger charge is -2.11. The summed E-state index contributed by atoms with van der Waals surface area (Å²) in [4.78, 5) is 25.2. The zero-order valence-corrected chi connectivity index (χ0v) is 18.0. The molecule has 6 nitrogen and oxygen atoms in total. The second kappa shape index (κ2) is 8.63. The van der Waals surface area contributed by atoms with Gasteiger partial charge in [0, 0.05) is 23.2 Å². The number of amides is 1. The predicted octanol–water partition coefficient (Wildman–Crippen LogP) is 4.69. The fourth-order valence-electron chi connectivity index (χ4n) is 3.27. The minimum atomic E-state index is -4.55. The molecule has 3 aromatic rings. The molecule has 2 aromatic carbocycles. The second-order valence-corrected chi connectivity index (χ2v) is 8.30. The average Bonchev–Trinajstić information content (AvgIpc) is 3.51. The van der Waals surface area contributed by atoms with Crippen molar-refractivity contribution < 1.29 is 18.0 Å². The number of halogens is 5. The van der Waals surface area contributed by atoms with Crippen LogP contribution in [0.15, 0.2) is 47.3 Å². The molecular formula is C21H17Cl2F3N4O2. The third-order valence-corrected chi connectivity index (χ3v) is 5.57. The number of hydrogen-bond donors (Lipinski definition) is 1. The third kappa shape index (κ3) is 4.83. The standard InChI is InChI=1S/C21H17Cl2F3N4O2/c22-14-4-2-13(3-5-14)19-28-29(20(32)30(19)15-6-7-15)11-18(31)27-10-12-1-8-16(17(23)9-12)21(24,25)26/h1-5,8-9,15H,6-7,10-11H2,(H,27,31). The fraction of sp³-hybridized carbons (Fsp3) is 0.286. The van der Waals surface area contributed by atoms with E-state index in [1.807, 2.05) is 0 Å². The minimum absolute atomic E-state index is 0.0410. The van der Waals surface area contributed by atoms with E-state index in [1.54, 1.807) is 28.8 Å². The van der Waals surface area contributed by atoms with E-state index in [2.05, 4.69) is 10.4 Å². The molecule has 32 heavy (non-hydrogen) atoms. The first kappa shape index (κ1) is 22.4. The highest BCUT2D eigenvalue weighted by Gasteiger charge is 2.33. The van der Waals surface area contributed by atoms with Crippen LogP contribution in [0.2, 0.25) is 10.0 Å². The van der Waals surface area contributed by atoms with Gasteiger partial charge in [-0.15, -0.1) is 5.10 Å². The van der Waals surface area contributed by atoms with Gasteiger partial charge in [0.1, 0.15) is 6.54 Å². The number of rotatable bonds is 6. The van der Waals surface area contributed by atoms with E-state index in [1.165, 1.54) is 6.07 Å². The molecule has 1 heterocycles. The Balaban J connectivity index is 1.48. The van der Waals surface area contributed by atoms with Crippen molar-refractivity contribution in [3.8, 4) is 11.4 Å². The molecule has 1 amide bonds. The number of benzene rings is 2. The number of nitrogens with zero attached hydrogens (tertiary/aromatic N) is 3. The monoisotopic (exact) mass is 484 g/mol. The minimum Gasteiger partial charge on any atom is -0.350 e. The van der Waals surface area contributed by atoms with Crippen molar-refractivity contribution in [1.29, 1.82) is 0 Å². The van der Waals surface area contributed by atoms with Crippen molar-refractivity contribution >= 4 is 29.1 Å². The molecule has 0 bridgehead atoms. The van der Waals surface area contributed by atoms with Crippen LogP contribution < -0.4 is 11.0 Å². The van der Waals surface area contributed by atoms with Gasteiger partial charge in [-0.05, 0) is 54.8 Å². The third-order valence-electron chi connectivity index (χ3n) is 5.01. The molecule has 168 valence electrons. The maximum Gasteiger partial charge on any atom is 0.417 e. The summed E-state index contributed by atoms with van der Waals surface area (Å²) in [5.41, 5.74) is -0.239. The molecule has 4 rings (SSSR count). The summed E-state index contributed by atoms with van der Waals surface area (Å²) in [6, 6.07) is 10.2. The van der Waals surface area contributed by atoms with Gasteiger partial charge in [-0.1, -0.05) is 29.3 Å². The van der Waals surface area contributed by atoms with E-state index in [0.717, 1.165) is 29.7 Å². The highest BCUT2D eigenvalue weighted by Crippen LogP contribution is 2.37. The molecule has 1 N–H and O–H groups in total. The first-order valence-corrected chi connectivity index (χ1v) is 10.5. The Bertz CT molecular complexity index is 1220. The molecule has 0 spiro atoms. The van der Waals surface area contributed by atoms with Crippen molar-refractivity contribution in [2.45, 2.75) is 38.1 Å². The SMILES string of the molecule is O=C(Cn1nc(-c2ccc(Cl)cc2)n(C2CC2)c1=O)NCc1ccc(C(F)(F)F)c(Cl)c1. The van der Waals surface area contributed by atoms with Crippen LogP contribution in [-0.2, 0) is 24.1 Å². The molecule has 0 aliphatic heterocycles. The van der Waals surface area contributed by atoms with Crippen molar-refractivity contribution in [2.75, 3.05) is 0 Å². The van der Waals surface area contributed by atoms with Crippen LogP contribution >= 0.6 is 23.2 Å². The maximum absolute atomic E-state index is 12.8. The fourth-order valence-corrected chi connectivity index (χ4v) is 3.71. The Morgan fingerprint density at radius 3 is 2.41 bits per heavy atom. The zero-order chi connectivity index (χ0) is 23.0. The van der Waals surface area contributed by atoms with Gasteiger partial charge < -0.3 is 5.32 Å². The normalized spacial score (nSPS) is 13.9. The lowest BCUT2D eigenvalue weighted by Crippen LogP contribution is -2.33. The number of alkyl halides is 3. The van der Waals surface area contributed by atoms with Crippen molar-refractivity contribution in [1.82, 2.24) is 19.7 Å². The Morgan fingerprint density at radius 2 is 1.81 bits per heavy atom. The van der Waals surface area contributed by atoms with Crippen LogP contribution in [0.5, 0.6) is 0 Å². The Labute approximate surface area is 190 Å². The highest BCUT2D eigenvalue weighted by molar-refractivity contribution is 6.31. The van der Waals surface area contributed by atoms with Gasteiger partial charge in [-0.25, -0.2) is 9.48 Å². The molecule has 11 heteroatoms. The second-order valence-electron chi connectivity index (χ2n) is 7.46. The first-order chi connectivity index (χ1) is 15.1. The summed E-state index contributed by atoms with van der Waals surface area (Å²) in [7, 11) is 0. The number of carbonyl (C=O) groups excluding carboxylic acids is 1. The molecule has 0 unspecified atom stereocenters. The summed E-state index contributed by atoms with van der Waals surface area (Å²) in [6.45, 7) is -0.369. The molecule has 0 atom stereocenters. The van der Waals surface area contributed by atoms with E-state index in [4.69, 9.17) is 23.2 Å². The van der Waals surface area contributed by atoms with E-state index >= 15 is 0 Å². The molecule has 1 aliphatic carbocycles. The summed E-state index contributed by atoms with van der Waals surface area (Å²) >= 11 is 11.6. The van der Waals surface area contributed by atoms with Crippen LogP contribution in [0.25, 0.3) is 11.4 Å². The number of hydrogen-bond acceptors (Lipinski definition) is 3. The van der Waals surface area contributed by atoms with Gasteiger partial charge in [-0.2, -0.15) is 13.2 Å². The molecular weight excluding hydrogens is 468 g/mol. The number of nitrogens with one attached hydrogen (secondary N) is 1. The zero-order valence-electron chi connectivity index (χ0n) is 16.5. The van der Waals surface area contributed by atoms with Gasteiger partial charge in [0.2, 0.25) is 5.91 Å². The van der Waals surface area contributed by atoms with Gasteiger partial charge in [-0.3, -0.25) is 9.36 Å². The molecule has 0 saturated heterocycles. The van der Waals surface area contributed by atoms with Crippen LogP contribution in [0.3, 0.4) is 0 Å². The van der Waals surface area contributed by atoms with E-state index in [0.29, 0.717) is 22.0 Å². The lowest BCUT2D eigenvalue weighted by molar-refractivity contribution is -0.137. The maximum atomic E-state index is 12.8. The Hall–Kier alpha value is -2.78. The topological polar surface area (TPSA) is 68.9 Å². The summed E-state index contributed by atoms with van der Waals surface area (Å²) < 4.78 is 41.1. The first-order valence-electron chi connectivity index (χ1n) is 9.71. The molecule has 1 aromatic heterocycles. The summed E-state index contributed by atoms with van der Waals surface area (Å²) in [6.07, 6.45) is -2.84. The van der Waals surface area contributed by atoms with Gasteiger partial charge in [0.25, 0.3) is 0 Å². The largest absolute Gasteiger partial charge is 0.417 e.